The van der Waals surface area contributed by atoms with Crippen molar-refractivity contribution < 1.29 is 14.3 Å². The van der Waals surface area contributed by atoms with Crippen LogP contribution in [0.3, 0.4) is 0 Å². The van der Waals surface area contributed by atoms with E-state index in [9.17, 15) is 9.59 Å². The van der Waals surface area contributed by atoms with Crippen LogP contribution in [0, 0.1) is 5.92 Å². The van der Waals surface area contributed by atoms with E-state index in [1.807, 2.05) is 48.4 Å². The van der Waals surface area contributed by atoms with Gasteiger partial charge in [0.1, 0.15) is 11.8 Å². The number of nitrogens with one attached hydrogen (secondary N) is 2. The number of aromatic nitrogens is 1. The standard InChI is InChI=1S/C26H34N4O3/c1-2-33-22-8-5-7-20(16-22)26(32)30-14-10-19(11-15-30)6-3-4-12-28-25(31)24-17-21-18-27-13-9-23(21)29-24/h5,7-9,13,16,18-19,24,29H,2-4,6,10-12,14-15,17H2,1H3,(H,28,31). The van der Waals surface area contributed by atoms with Gasteiger partial charge in [-0.05, 0) is 61.9 Å². The number of rotatable bonds is 9. The molecule has 2 N–H and O–H groups in total. The molecule has 176 valence electrons. The molecule has 1 aromatic carbocycles. The molecule has 7 nitrogen and oxygen atoms in total. The summed E-state index contributed by atoms with van der Waals surface area (Å²) in [7, 11) is 0. The third kappa shape index (κ3) is 6.03. The SMILES string of the molecule is CCOc1cccc(C(=O)N2CCC(CCCCNC(=O)C3Cc4cnccc4N3)CC2)c1. The third-order valence-electron chi connectivity index (χ3n) is 6.61. The Morgan fingerprint density at radius 1 is 1.21 bits per heavy atom. The minimum absolute atomic E-state index is 0.0615. The monoisotopic (exact) mass is 450 g/mol. The largest absolute Gasteiger partial charge is 0.494 e. The Labute approximate surface area is 195 Å². The fourth-order valence-electron chi connectivity index (χ4n) is 4.73. The van der Waals surface area contributed by atoms with Crippen molar-refractivity contribution >= 4 is 17.5 Å². The van der Waals surface area contributed by atoms with Crippen LogP contribution in [0.2, 0.25) is 0 Å². The zero-order valence-corrected chi connectivity index (χ0v) is 19.4. The highest BCUT2D eigenvalue weighted by Gasteiger charge is 2.26. The lowest BCUT2D eigenvalue weighted by Crippen LogP contribution is -2.39. The van der Waals surface area contributed by atoms with Gasteiger partial charge in [-0.2, -0.15) is 0 Å². The van der Waals surface area contributed by atoms with E-state index in [-0.39, 0.29) is 17.9 Å². The predicted molar refractivity (Wildman–Crippen MR) is 128 cm³/mol. The molecular weight excluding hydrogens is 416 g/mol. The van der Waals surface area contributed by atoms with Crippen molar-refractivity contribution in [3.8, 4) is 5.75 Å². The summed E-state index contributed by atoms with van der Waals surface area (Å²) in [6.07, 6.45) is 9.58. The van der Waals surface area contributed by atoms with Gasteiger partial charge < -0.3 is 20.3 Å². The predicted octanol–water partition coefficient (Wildman–Crippen LogP) is 3.66. The van der Waals surface area contributed by atoms with Crippen molar-refractivity contribution in [3.63, 3.8) is 0 Å². The normalized spacial score (nSPS) is 17.8. The quantitative estimate of drug-likeness (QED) is 0.570. The van der Waals surface area contributed by atoms with Crippen molar-refractivity contribution in [1.82, 2.24) is 15.2 Å². The summed E-state index contributed by atoms with van der Waals surface area (Å²) in [5.41, 5.74) is 2.81. The van der Waals surface area contributed by atoms with E-state index in [4.69, 9.17) is 4.74 Å². The average Bonchev–Trinajstić information content (AvgIpc) is 3.29. The van der Waals surface area contributed by atoms with Crippen molar-refractivity contribution in [3.05, 3.63) is 53.9 Å². The number of hydrogen-bond donors (Lipinski definition) is 2. The molecule has 1 atom stereocenters. The first-order valence-electron chi connectivity index (χ1n) is 12.1. The van der Waals surface area contributed by atoms with Crippen LogP contribution in [0.25, 0.3) is 0 Å². The van der Waals surface area contributed by atoms with Crippen LogP contribution < -0.4 is 15.4 Å². The Bertz CT molecular complexity index is 931. The minimum atomic E-state index is -0.194. The number of carbonyl (C=O) groups is 2. The van der Waals surface area contributed by atoms with Crippen LogP contribution in [0.15, 0.2) is 42.7 Å². The lowest BCUT2D eigenvalue weighted by atomic mass is 9.91. The molecule has 7 heteroatoms. The fourth-order valence-corrected chi connectivity index (χ4v) is 4.73. The van der Waals surface area contributed by atoms with Gasteiger partial charge in [-0.15, -0.1) is 0 Å². The molecule has 1 saturated heterocycles. The zero-order chi connectivity index (χ0) is 23.0. The van der Waals surface area contributed by atoms with E-state index in [1.165, 1.54) is 0 Å². The number of fused-ring (bicyclic) bond motifs is 1. The third-order valence-corrected chi connectivity index (χ3v) is 6.61. The van der Waals surface area contributed by atoms with Gasteiger partial charge in [-0.25, -0.2) is 0 Å². The molecule has 33 heavy (non-hydrogen) atoms. The number of ether oxygens (including phenoxy) is 1. The van der Waals surface area contributed by atoms with Gasteiger partial charge in [-0.1, -0.05) is 18.9 Å². The first kappa shape index (κ1) is 23.1. The number of hydrogen-bond acceptors (Lipinski definition) is 5. The summed E-state index contributed by atoms with van der Waals surface area (Å²) in [6, 6.07) is 9.18. The summed E-state index contributed by atoms with van der Waals surface area (Å²) in [6.45, 7) is 4.86. The second-order valence-corrected chi connectivity index (χ2v) is 8.92. The molecule has 2 aliphatic rings. The number of pyridine rings is 1. The topological polar surface area (TPSA) is 83.6 Å². The minimum Gasteiger partial charge on any atom is -0.494 e. The average molecular weight is 451 g/mol. The van der Waals surface area contributed by atoms with E-state index in [2.05, 4.69) is 15.6 Å². The Morgan fingerprint density at radius 3 is 2.85 bits per heavy atom. The molecule has 3 heterocycles. The first-order chi connectivity index (χ1) is 16.1. The van der Waals surface area contributed by atoms with E-state index in [0.29, 0.717) is 31.1 Å². The highest BCUT2D eigenvalue weighted by atomic mass is 16.5. The number of nitrogens with zero attached hydrogens (tertiary/aromatic N) is 2. The number of carbonyl (C=O) groups excluding carboxylic acids is 2. The Kier molecular flexibility index (Phi) is 7.81. The van der Waals surface area contributed by atoms with Crippen molar-refractivity contribution in [2.75, 3.05) is 31.6 Å². The number of unbranched alkanes of at least 4 members (excludes halogenated alkanes) is 1. The summed E-state index contributed by atoms with van der Waals surface area (Å²) >= 11 is 0. The van der Waals surface area contributed by atoms with E-state index >= 15 is 0 Å². The van der Waals surface area contributed by atoms with E-state index in [0.717, 1.165) is 62.2 Å². The van der Waals surface area contributed by atoms with Gasteiger partial charge >= 0.3 is 0 Å². The Morgan fingerprint density at radius 2 is 2.06 bits per heavy atom. The molecule has 0 radical (unpaired) electrons. The lowest BCUT2D eigenvalue weighted by Gasteiger charge is -2.32. The van der Waals surface area contributed by atoms with Crippen molar-refractivity contribution in [2.24, 2.45) is 5.92 Å². The van der Waals surface area contributed by atoms with Gasteiger partial charge in [0.15, 0.2) is 0 Å². The zero-order valence-electron chi connectivity index (χ0n) is 19.4. The molecule has 0 bridgehead atoms. The fraction of sp³-hybridized carbons (Fsp3) is 0.500. The highest BCUT2D eigenvalue weighted by molar-refractivity contribution is 5.94. The summed E-state index contributed by atoms with van der Waals surface area (Å²) in [5, 5.41) is 6.34. The molecule has 0 spiro atoms. The molecule has 0 saturated carbocycles. The molecule has 4 rings (SSSR count). The van der Waals surface area contributed by atoms with Gasteiger partial charge in [-0.3, -0.25) is 14.6 Å². The van der Waals surface area contributed by atoms with Gasteiger partial charge in [0.05, 0.1) is 6.61 Å². The molecular formula is C26H34N4O3. The Balaban J connectivity index is 1.11. The summed E-state index contributed by atoms with van der Waals surface area (Å²) < 4.78 is 5.52. The maximum Gasteiger partial charge on any atom is 0.253 e. The Hall–Kier alpha value is -3.09. The van der Waals surface area contributed by atoms with Crippen molar-refractivity contribution in [2.45, 2.75) is 51.5 Å². The first-order valence-corrected chi connectivity index (χ1v) is 12.1. The highest BCUT2D eigenvalue weighted by Crippen LogP contribution is 2.25. The number of amides is 2. The molecule has 1 unspecified atom stereocenters. The molecule has 0 aliphatic carbocycles. The smallest absolute Gasteiger partial charge is 0.253 e. The molecule has 1 fully saturated rings. The van der Waals surface area contributed by atoms with Crippen LogP contribution >= 0.6 is 0 Å². The molecule has 2 aromatic rings. The molecule has 2 amide bonds. The number of piperidine rings is 1. The second-order valence-electron chi connectivity index (χ2n) is 8.92. The lowest BCUT2D eigenvalue weighted by molar-refractivity contribution is -0.121. The van der Waals surface area contributed by atoms with Crippen LogP contribution in [-0.4, -0.2) is 54.0 Å². The van der Waals surface area contributed by atoms with Gasteiger partial charge in [0.25, 0.3) is 5.91 Å². The maximum atomic E-state index is 12.8. The van der Waals surface area contributed by atoms with Crippen LogP contribution in [0.4, 0.5) is 5.69 Å². The molecule has 2 aliphatic heterocycles. The van der Waals surface area contributed by atoms with E-state index < -0.39 is 0 Å². The number of likely N-dealkylation sites (tertiary alicyclic amines) is 1. The number of anilines is 1. The van der Waals surface area contributed by atoms with E-state index in [1.54, 1.807) is 6.20 Å². The van der Waals surface area contributed by atoms with Crippen molar-refractivity contribution in [1.29, 1.82) is 0 Å². The second kappa shape index (κ2) is 11.2. The maximum absolute atomic E-state index is 12.8. The summed E-state index contributed by atoms with van der Waals surface area (Å²) in [4.78, 5) is 31.3. The van der Waals surface area contributed by atoms with Gasteiger partial charge in [0, 0.05) is 49.7 Å². The summed E-state index contributed by atoms with van der Waals surface area (Å²) in [5.74, 6) is 1.55. The van der Waals surface area contributed by atoms with Crippen LogP contribution in [-0.2, 0) is 11.2 Å². The van der Waals surface area contributed by atoms with Gasteiger partial charge in [0.2, 0.25) is 5.91 Å². The molecule has 1 aromatic heterocycles. The van der Waals surface area contributed by atoms with Crippen LogP contribution in [0.5, 0.6) is 5.75 Å². The number of benzene rings is 1. The van der Waals surface area contributed by atoms with Crippen LogP contribution in [0.1, 0.15) is 54.9 Å².